The zero-order valence-electron chi connectivity index (χ0n) is 24.2. The summed E-state index contributed by atoms with van der Waals surface area (Å²) >= 11 is 0. The molecule has 4 nitrogen and oxygen atoms in total. The molecule has 1 fully saturated rings. The monoisotopic (exact) mass is 556 g/mol. The first-order chi connectivity index (χ1) is 20.9. The highest BCUT2D eigenvalue weighted by atomic mass is 16.5. The molecule has 42 heavy (non-hydrogen) atoms. The van der Waals surface area contributed by atoms with Crippen LogP contribution in [-0.4, -0.2) is 52.5 Å². The molecule has 0 unspecified atom stereocenters. The molecule has 1 aliphatic heterocycles. The number of hydrogen-bond donors (Lipinski definition) is 2. The van der Waals surface area contributed by atoms with Crippen LogP contribution < -0.4 is 9.80 Å². The third-order valence-corrected chi connectivity index (χ3v) is 7.64. The predicted octanol–water partition coefficient (Wildman–Crippen LogP) is 3.39. The van der Waals surface area contributed by atoms with Gasteiger partial charge in [-0.05, 0) is 34.1 Å². The molecule has 2 N–H and O–H groups in total. The lowest BCUT2D eigenvalue weighted by molar-refractivity contribution is -1.01. The summed E-state index contributed by atoms with van der Waals surface area (Å²) in [5.74, 6) is 13.2. The third kappa shape index (κ3) is 8.92. The minimum absolute atomic E-state index is 0.102. The van der Waals surface area contributed by atoms with Gasteiger partial charge in [-0.25, -0.2) is 0 Å². The van der Waals surface area contributed by atoms with E-state index in [4.69, 9.17) is 9.47 Å². The molecule has 4 aromatic carbocycles. The molecule has 0 aliphatic carbocycles. The quantitative estimate of drug-likeness (QED) is 0.293. The maximum Gasteiger partial charge on any atom is 0.139 e. The zero-order valence-corrected chi connectivity index (χ0v) is 24.2. The third-order valence-electron chi connectivity index (χ3n) is 7.64. The van der Waals surface area contributed by atoms with Crippen LogP contribution in [-0.2, 0) is 9.47 Å². The molecule has 1 heterocycles. The van der Waals surface area contributed by atoms with E-state index in [0.717, 1.165) is 61.5 Å². The number of ether oxygens (including phenoxy) is 2. The minimum Gasteiger partial charge on any atom is -0.356 e. The van der Waals surface area contributed by atoms with Crippen molar-refractivity contribution >= 4 is 0 Å². The second-order valence-electron chi connectivity index (χ2n) is 10.6. The molecule has 4 heteroatoms. The summed E-state index contributed by atoms with van der Waals surface area (Å²) in [4.78, 5) is 3.08. The van der Waals surface area contributed by atoms with Crippen molar-refractivity contribution in [3.63, 3.8) is 0 Å². The molecule has 0 aromatic heterocycles. The van der Waals surface area contributed by atoms with E-state index in [1.54, 1.807) is 9.80 Å². The zero-order chi connectivity index (χ0) is 28.7. The molecule has 5 rings (SSSR count). The van der Waals surface area contributed by atoms with Crippen LogP contribution in [0.2, 0.25) is 0 Å². The second kappa shape index (κ2) is 16.3. The van der Waals surface area contributed by atoms with Gasteiger partial charge in [-0.15, -0.1) is 0 Å². The Kier molecular flexibility index (Phi) is 11.4. The Bertz CT molecular complexity index is 1250. The highest BCUT2D eigenvalue weighted by Crippen LogP contribution is 2.26. The molecule has 212 valence electrons. The average molecular weight is 557 g/mol. The fourth-order valence-electron chi connectivity index (χ4n) is 5.32. The lowest BCUT2D eigenvalue weighted by atomic mass is 10.0. The van der Waals surface area contributed by atoms with Crippen LogP contribution in [0.4, 0.5) is 0 Å². The van der Waals surface area contributed by atoms with Crippen molar-refractivity contribution in [3.05, 3.63) is 144 Å². The van der Waals surface area contributed by atoms with Crippen LogP contribution in [0.15, 0.2) is 121 Å². The van der Waals surface area contributed by atoms with Gasteiger partial charge >= 0.3 is 0 Å². The number of benzene rings is 4. The van der Waals surface area contributed by atoms with E-state index in [2.05, 4.69) is 121 Å². The Hall–Kier alpha value is -4.16. The first-order valence-electron chi connectivity index (χ1n) is 14.9. The van der Waals surface area contributed by atoms with E-state index in [1.807, 2.05) is 24.3 Å². The fraction of sp³-hybridized carbons (Fsp3) is 0.263. The van der Waals surface area contributed by atoms with E-state index in [1.165, 1.54) is 0 Å². The Balaban J connectivity index is 1.02. The van der Waals surface area contributed by atoms with Gasteiger partial charge in [0.1, 0.15) is 64.7 Å². The summed E-state index contributed by atoms with van der Waals surface area (Å²) in [6.07, 6.45) is -0.203. The second-order valence-corrected chi connectivity index (χ2v) is 10.6. The standard InChI is InChI=1S/C38H38N2O2/c1-5-17-33(18-6-1)37(34-19-7-2-8-20-34)41-31-15-13-25-39-27-29-40(30-28-39)26-14-16-32-42-38(35-21-9-3-10-22-35)36-23-11-4-12-24-36/h1-12,17-24,37-38H,25-32H2/p+2. The molecule has 0 spiro atoms. The van der Waals surface area contributed by atoms with Crippen LogP contribution >= 0.6 is 0 Å². The largest absolute Gasteiger partial charge is 0.356 e. The number of hydrogen-bond acceptors (Lipinski definition) is 2. The Labute approximate surface area is 250 Å². The van der Waals surface area contributed by atoms with Gasteiger partial charge in [0.15, 0.2) is 0 Å². The number of rotatable bonds is 10. The SMILES string of the molecule is C(#CC[NH+]1CC[NH+](CC#CCOC(c2ccccc2)c2ccccc2)CC1)COC(c1ccccc1)c1ccccc1. The van der Waals surface area contributed by atoms with Crippen molar-refractivity contribution in [2.24, 2.45) is 0 Å². The topological polar surface area (TPSA) is 27.3 Å². The first-order valence-corrected chi connectivity index (χ1v) is 14.9. The van der Waals surface area contributed by atoms with Gasteiger partial charge in [-0.2, -0.15) is 0 Å². The summed E-state index contributed by atoms with van der Waals surface area (Å²) in [6, 6.07) is 41.5. The number of piperazine rings is 1. The van der Waals surface area contributed by atoms with Crippen LogP contribution in [0.5, 0.6) is 0 Å². The molecule has 0 saturated carbocycles. The number of quaternary nitrogens is 2. The summed E-state index contributed by atoms with van der Waals surface area (Å²) in [5, 5.41) is 0. The molecule has 0 atom stereocenters. The van der Waals surface area contributed by atoms with Gasteiger partial charge in [0.25, 0.3) is 0 Å². The lowest BCUT2D eigenvalue weighted by Gasteiger charge is -2.27. The predicted molar refractivity (Wildman–Crippen MR) is 168 cm³/mol. The van der Waals surface area contributed by atoms with Crippen LogP contribution in [0.3, 0.4) is 0 Å². The Morgan fingerprint density at radius 1 is 0.429 bits per heavy atom. The van der Waals surface area contributed by atoms with E-state index in [9.17, 15) is 0 Å². The van der Waals surface area contributed by atoms with Crippen molar-refractivity contribution < 1.29 is 19.3 Å². The van der Waals surface area contributed by atoms with Crippen LogP contribution in [0.25, 0.3) is 0 Å². The van der Waals surface area contributed by atoms with Gasteiger partial charge in [-0.1, -0.05) is 133 Å². The highest BCUT2D eigenvalue weighted by Gasteiger charge is 2.21. The molecule has 1 saturated heterocycles. The molecule has 0 amide bonds. The molecular formula is C38H40N2O2+2. The van der Waals surface area contributed by atoms with Crippen molar-refractivity contribution in [1.29, 1.82) is 0 Å². The normalized spacial score (nSPS) is 16.3. The highest BCUT2D eigenvalue weighted by molar-refractivity contribution is 5.31. The first kappa shape index (κ1) is 29.3. The van der Waals surface area contributed by atoms with Gasteiger partial charge in [-0.3, -0.25) is 0 Å². The maximum atomic E-state index is 6.24. The van der Waals surface area contributed by atoms with E-state index in [0.29, 0.717) is 13.2 Å². The maximum absolute atomic E-state index is 6.24. The van der Waals surface area contributed by atoms with Gasteiger partial charge in [0, 0.05) is 0 Å². The van der Waals surface area contributed by atoms with E-state index < -0.39 is 0 Å². The van der Waals surface area contributed by atoms with E-state index >= 15 is 0 Å². The van der Waals surface area contributed by atoms with Crippen molar-refractivity contribution in [1.82, 2.24) is 0 Å². The summed E-state index contributed by atoms with van der Waals surface area (Å²) in [7, 11) is 0. The number of nitrogens with one attached hydrogen (secondary N) is 2. The van der Waals surface area contributed by atoms with Gasteiger partial charge < -0.3 is 19.3 Å². The molecule has 0 radical (unpaired) electrons. The summed E-state index contributed by atoms with van der Waals surface area (Å²) < 4.78 is 12.5. The summed E-state index contributed by atoms with van der Waals surface area (Å²) in [6.45, 7) is 7.02. The summed E-state index contributed by atoms with van der Waals surface area (Å²) in [5.41, 5.74) is 4.60. The van der Waals surface area contributed by atoms with Crippen LogP contribution in [0, 0.1) is 23.7 Å². The molecule has 0 bridgehead atoms. The van der Waals surface area contributed by atoms with Crippen LogP contribution in [0.1, 0.15) is 34.5 Å². The van der Waals surface area contributed by atoms with Gasteiger partial charge in [0.05, 0.1) is 0 Å². The lowest BCUT2D eigenvalue weighted by Crippen LogP contribution is -3.28. The molecular weight excluding hydrogens is 516 g/mol. The Morgan fingerprint density at radius 3 is 1.00 bits per heavy atom. The Morgan fingerprint density at radius 2 is 0.714 bits per heavy atom. The van der Waals surface area contributed by atoms with Gasteiger partial charge in [0.2, 0.25) is 0 Å². The van der Waals surface area contributed by atoms with Crippen molar-refractivity contribution in [3.8, 4) is 23.7 Å². The van der Waals surface area contributed by atoms with Crippen molar-refractivity contribution in [2.75, 3.05) is 52.5 Å². The molecule has 4 aromatic rings. The van der Waals surface area contributed by atoms with E-state index in [-0.39, 0.29) is 12.2 Å². The van der Waals surface area contributed by atoms with Crippen molar-refractivity contribution in [2.45, 2.75) is 12.2 Å². The average Bonchev–Trinajstić information content (AvgIpc) is 3.06. The smallest absolute Gasteiger partial charge is 0.139 e. The minimum atomic E-state index is -0.102. The fourth-order valence-corrected chi connectivity index (χ4v) is 5.32. The molecule has 1 aliphatic rings.